The van der Waals surface area contributed by atoms with E-state index in [0.717, 1.165) is 12.1 Å². The minimum atomic E-state index is -0.781. The Morgan fingerprint density at radius 3 is 2.71 bits per heavy atom. The smallest absolute Gasteiger partial charge is 0.311 e. The van der Waals surface area contributed by atoms with Gasteiger partial charge in [-0.05, 0) is 31.4 Å². The summed E-state index contributed by atoms with van der Waals surface area (Å²) in [6.07, 6.45) is 2.05. The van der Waals surface area contributed by atoms with Gasteiger partial charge in [0.25, 0.3) is 0 Å². The minimum absolute atomic E-state index is 0.0738. The predicted molar refractivity (Wildman–Crippen MR) is 105 cm³/mol. The van der Waals surface area contributed by atoms with Crippen LogP contribution < -0.4 is 10.2 Å². The summed E-state index contributed by atoms with van der Waals surface area (Å²) in [7, 11) is 0. The number of halogens is 2. The zero-order valence-corrected chi connectivity index (χ0v) is 16.8. The monoisotopic (exact) mass is 411 g/mol. The van der Waals surface area contributed by atoms with Crippen LogP contribution in [-0.4, -0.2) is 30.4 Å². The van der Waals surface area contributed by atoms with Gasteiger partial charge in [-0.2, -0.15) is 5.10 Å². The maximum atomic E-state index is 14.1. The second-order valence-corrected chi connectivity index (χ2v) is 7.20. The largest absolute Gasteiger partial charge is 0.488 e. The molecule has 1 heterocycles. The van der Waals surface area contributed by atoms with E-state index in [1.165, 1.54) is 17.6 Å². The van der Waals surface area contributed by atoms with E-state index in [1.807, 2.05) is 13.8 Å². The van der Waals surface area contributed by atoms with Crippen molar-refractivity contribution in [2.45, 2.75) is 33.6 Å². The number of carbonyl (C=O) groups is 1. The van der Waals surface area contributed by atoms with Gasteiger partial charge in [0.1, 0.15) is 0 Å². The van der Waals surface area contributed by atoms with Gasteiger partial charge in [0, 0.05) is 10.9 Å². The lowest BCUT2D eigenvalue weighted by molar-refractivity contribution is -0.142. The first kappa shape index (κ1) is 21.7. The second kappa shape index (κ2) is 10.7. The number of aromatic nitrogens is 1. The molecule has 0 spiro atoms. The molecule has 0 aliphatic carbocycles. The maximum absolute atomic E-state index is 14.1. The molecule has 0 saturated heterocycles. The molecular weight excluding hydrogens is 388 g/mol. The molecule has 0 aliphatic rings. The van der Waals surface area contributed by atoms with Crippen molar-refractivity contribution in [3.05, 3.63) is 40.4 Å². The van der Waals surface area contributed by atoms with Crippen LogP contribution in [0.15, 0.2) is 22.6 Å². The summed E-state index contributed by atoms with van der Waals surface area (Å²) in [5.74, 6) is -1.92. The molecule has 1 N–H and O–H groups in total. The first-order chi connectivity index (χ1) is 13.4. The van der Waals surface area contributed by atoms with E-state index in [4.69, 9.17) is 9.47 Å². The highest BCUT2D eigenvalue weighted by molar-refractivity contribution is 7.13. The van der Waals surface area contributed by atoms with Crippen LogP contribution >= 0.6 is 11.3 Å². The highest BCUT2D eigenvalue weighted by Crippen LogP contribution is 2.23. The van der Waals surface area contributed by atoms with Crippen molar-refractivity contribution in [1.82, 2.24) is 4.98 Å². The number of carbonyl (C=O) groups excluding carboxylic acids is 1. The Hall–Kier alpha value is -2.55. The first-order valence-electron chi connectivity index (χ1n) is 8.90. The van der Waals surface area contributed by atoms with Gasteiger partial charge in [0.2, 0.25) is 5.13 Å². The SMILES string of the molecule is CCOC(=O)Cc1csc(NN=Cc2cc(F)c(OCCC(C)C)c(F)c2)n1. The average Bonchev–Trinajstić information content (AvgIpc) is 3.04. The van der Waals surface area contributed by atoms with Gasteiger partial charge in [-0.25, -0.2) is 13.8 Å². The lowest BCUT2D eigenvalue weighted by Crippen LogP contribution is -2.07. The molecule has 152 valence electrons. The third-order valence-corrected chi connectivity index (χ3v) is 4.31. The number of benzene rings is 1. The number of esters is 1. The lowest BCUT2D eigenvalue weighted by Gasteiger charge is -2.10. The summed E-state index contributed by atoms with van der Waals surface area (Å²) in [6, 6.07) is 2.29. The number of rotatable bonds is 10. The van der Waals surface area contributed by atoms with Crippen LogP contribution in [0.4, 0.5) is 13.9 Å². The van der Waals surface area contributed by atoms with Gasteiger partial charge in [-0.15, -0.1) is 11.3 Å². The molecule has 28 heavy (non-hydrogen) atoms. The Labute approximate surface area is 166 Å². The van der Waals surface area contributed by atoms with Crippen molar-refractivity contribution in [3.8, 4) is 5.75 Å². The summed E-state index contributed by atoms with van der Waals surface area (Å²) in [5, 5.41) is 6.08. The molecule has 0 aliphatic heterocycles. The minimum Gasteiger partial charge on any atom is -0.488 e. The molecule has 0 atom stereocenters. The standard InChI is InChI=1S/C19H23F2N3O3S/c1-4-26-17(25)9-14-11-28-19(23-14)24-22-10-13-7-15(20)18(16(21)8-13)27-6-5-12(2)3/h7-8,10-12H,4-6,9H2,1-3H3,(H,23,24). The molecule has 9 heteroatoms. The predicted octanol–water partition coefficient (Wildman–Crippen LogP) is 4.40. The molecule has 1 aromatic heterocycles. The first-order valence-corrected chi connectivity index (χ1v) is 9.78. The molecule has 0 bridgehead atoms. The van der Waals surface area contributed by atoms with Gasteiger partial charge >= 0.3 is 5.97 Å². The summed E-state index contributed by atoms with van der Waals surface area (Å²) >= 11 is 1.25. The maximum Gasteiger partial charge on any atom is 0.311 e. The topological polar surface area (TPSA) is 72.8 Å². The van der Waals surface area contributed by atoms with E-state index in [-0.39, 0.29) is 30.3 Å². The number of hydrazone groups is 1. The second-order valence-electron chi connectivity index (χ2n) is 6.34. The van der Waals surface area contributed by atoms with Crippen molar-refractivity contribution in [1.29, 1.82) is 0 Å². The quantitative estimate of drug-likeness (QED) is 0.356. The molecule has 0 fully saturated rings. The Balaban J connectivity index is 1.93. The summed E-state index contributed by atoms with van der Waals surface area (Å²) in [4.78, 5) is 15.6. The van der Waals surface area contributed by atoms with Crippen molar-refractivity contribution in [3.63, 3.8) is 0 Å². The molecule has 2 aromatic rings. The van der Waals surface area contributed by atoms with Crippen molar-refractivity contribution in [2.75, 3.05) is 18.6 Å². The summed E-state index contributed by atoms with van der Waals surface area (Å²) in [5.41, 5.74) is 3.46. The van der Waals surface area contributed by atoms with Crippen LogP contribution in [-0.2, 0) is 16.0 Å². The number of nitrogens with one attached hydrogen (secondary N) is 1. The fourth-order valence-electron chi connectivity index (χ4n) is 2.15. The third kappa shape index (κ3) is 6.88. The molecule has 6 nitrogen and oxygen atoms in total. The fraction of sp³-hybridized carbons (Fsp3) is 0.421. The number of hydrogen-bond donors (Lipinski definition) is 1. The number of anilines is 1. The molecule has 0 unspecified atom stereocenters. The number of hydrogen-bond acceptors (Lipinski definition) is 7. The Morgan fingerprint density at radius 2 is 2.07 bits per heavy atom. The summed E-state index contributed by atoms with van der Waals surface area (Å²) in [6.45, 7) is 6.30. The highest BCUT2D eigenvalue weighted by Gasteiger charge is 2.12. The van der Waals surface area contributed by atoms with E-state index in [0.29, 0.717) is 29.8 Å². The van der Waals surface area contributed by atoms with Gasteiger partial charge in [0.05, 0.1) is 31.5 Å². The molecule has 0 radical (unpaired) electrons. The number of thiazole rings is 1. The van der Waals surface area contributed by atoms with Gasteiger partial charge in [0.15, 0.2) is 17.4 Å². The normalized spacial score (nSPS) is 11.2. The van der Waals surface area contributed by atoms with Crippen molar-refractivity contribution >= 4 is 28.7 Å². The zero-order valence-electron chi connectivity index (χ0n) is 16.0. The molecule has 2 rings (SSSR count). The Morgan fingerprint density at radius 1 is 1.36 bits per heavy atom. The van der Waals surface area contributed by atoms with Gasteiger partial charge in [-0.1, -0.05) is 13.8 Å². The van der Waals surface area contributed by atoms with Crippen LogP contribution in [0.3, 0.4) is 0 Å². The van der Waals surface area contributed by atoms with Crippen LogP contribution in [0.1, 0.15) is 38.4 Å². The Bertz CT molecular complexity index is 802. The Kier molecular flexibility index (Phi) is 8.31. The third-order valence-electron chi connectivity index (χ3n) is 3.52. The molecular formula is C19H23F2N3O3S. The van der Waals surface area contributed by atoms with E-state index in [9.17, 15) is 13.6 Å². The molecule has 1 aromatic carbocycles. The van der Waals surface area contributed by atoms with Crippen molar-refractivity contribution in [2.24, 2.45) is 11.0 Å². The van der Waals surface area contributed by atoms with E-state index in [2.05, 4.69) is 15.5 Å². The van der Waals surface area contributed by atoms with E-state index < -0.39 is 11.6 Å². The number of nitrogens with zero attached hydrogens (tertiary/aromatic N) is 2. The average molecular weight is 411 g/mol. The molecule has 0 saturated carbocycles. The van der Waals surface area contributed by atoms with Gasteiger partial charge in [-0.3, -0.25) is 10.2 Å². The lowest BCUT2D eigenvalue weighted by atomic mass is 10.1. The van der Waals surface area contributed by atoms with Crippen molar-refractivity contribution < 1.29 is 23.0 Å². The van der Waals surface area contributed by atoms with E-state index in [1.54, 1.807) is 12.3 Å². The highest BCUT2D eigenvalue weighted by atomic mass is 32.1. The van der Waals surface area contributed by atoms with Crippen LogP contribution in [0, 0.1) is 17.6 Å². The van der Waals surface area contributed by atoms with Crippen LogP contribution in [0.5, 0.6) is 5.75 Å². The van der Waals surface area contributed by atoms with E-state index >= 15 is 0 Å². The van der Waals surface area contributed by atoms with Crippen LogP contribution in [0.25, 0.3) is 0 Å². The van der Waals surface area contributed by atoms with Crippen LogP contribution in [0.2, 0.25) is 0 Å². The zero-order chi connectivity index (χ0) is 20.5. The molecule has 0 amide bonds. The van der Waals surface area contributed by atoms with Gasteiger partial charge < -0.3 is 9.47 Å². The number of ether oxygens (including phenoxy) is 2. The fourth-order valence-corrected chi connectivity index (χ4v) is 2.81. The summed E-state index contributed by atoms with van der Waals surface area (Å²) < 4.78 is 38.2.